The molecule has 0 atom stereocenters. The maximum absolute atomic E-state index is 12.6. The molecule has 3 amide bonds. The van der Waals surface area contributed by atoms with Crippen LogP contribution in [0.1, 0.15) is 24.0 Å². The number of rotatable bonds is 6. The Morgan fingerprint density at radius 2 is 1.70 bits per heavy atom. The molecule has 0 N–H and O–H groups in total. The highest BCUT2D eigenvalue weighted by atomic mass is 32.2. The molecular formula is C23H22N2O4S. The fourth-order valence-electron chi connectivity index (χ4n) is 3.39. The highest BCUT2D eigenvalue weighted by Crippen LogP contribution is 2.32. The summed E-state index contributed by atoms with van der Waals surface area (Å²) in [6.07, 6.45) is 3.61. The maximum atomic E-state index is 12.6. The van der Waals surface area contributed by atoms with Crippen molar-refractivity contribution in [3.8, 4) is 5.75 Å². The van der Waals surface area contributed by atoms with Gasteiger partial charge in [0.15, 0.2) is 0 Å². The van der Waals surface area contributed by atoms with Gasteiger partial charge in [0.25, 0.3) is 11.1 Å². The van der Waals surface area contributed by atoms with Gasteiger partial charge in [-0.15, -0.1) is 0 Å². The van der Waals surface area contributed by atoms with Crippen molar-refractivity contribution in [1.82, 2.24) is 9.80 Å². The molecular weight excluding hydrogens is 400 g/mol. The molecule has 7 heteroatoms. The third kappa shape index (κ3) is 4.74. The van der Waals surface area contributed by atoms with Crippen molar-refractivity contribution in [2.45, 2.75) is 19.4 Å². The minimum Gasteiger partial charge on any atom is -0.489 e. The standard InChI is InChI=1S/C23H22N2O4S/c26-21(24-12-4-5-13-24)15-25-22(27)20(30-23(25)28)14-17-8-10-19(11-9-17)29-16-18-6-2-1-3-7-18/h1-3,6-11,14H,4-5,12-13,15-16H2/b20-14-. The van der Waals surface area contributed by atoms with Crippen molar-refractivity contribution >= 4 is 34.9 Å². The Balaban J connectivity index is 1.37. The van der Waals surface area contributed by atoms with Gasteiger partial charge in [-0.25, -0.2) is 0 Å². The lowest BCUT2D eigenvalue weighted by molar-refractivity contribution is -0.135. The van der Waals surface area contributed by atoms with Crippen LogP contribution in [0.15, 0.2) is 59.5 Å². The number of hydrogen-bond donors (Lipinski definition) is 0. The van der Waals surface area contributed by atoms with Gasteiger partial charge in [0.1, 0.15) is 18.9 Å². The van der Waals surface area contributed by atoms with Gasteiger partial charge >= 0.3 is 0 Å². The maximum Gasteiger partial charge on any atom is 0.294 e. The molecule has 6 nitrogen and oxygen atoms in total. The Morgan fingerprint density at radius 1 is 1.00 bits per heavy atom. The van der Waals surface area contributed by atoms with E-state index in [-0.39, 0.29) is 12.5 Å². The van der Waals surface area contributed by atoms with E-state index in [9.17, 15) is 14.4 Å². The normalized spacial score (nSPS) is 17.8. The molecule has 0 aromatic heterocycles. The lowest BCUT2D eigenvalue weighted by Crippen LogP contribution is -2.40. The van der Waals surface area contributed by atoms with Crippen LogP contribution in [-0.4, -0.2) is 46.5 Å². The molecule has 0 unspecified atom stereocenters. The third-order valence-electron chi connectivity index (χ3n) is 5.05. The number of ether oxygens (including phenoxy) is 1. The number of carbonyl (C=O) groups is 3. The summed E-state index contributed by atoms with van der Waals surface area (Å²) < 4.78 is 5.77. The van der Waals surface area contributed by atoms with E-state index in [1.54, 1.807) is 11.0 Å². The van der Waals surface area contributed by atoms with E-state index in [4.69, 9.17) is 4.74 Å². The molecule has 0 bridgehead atoms. The van der Waals surface area contributed by atoms with Gasteiger partial charge in [-0.2, -0.15) is 0 Å². The number of carbonyl (C=O) groups excluding carboxylic acids is 3. The summed E-state index contributed by atoms with van der Waals surface area (Å²) in [6, 6.07) is 17.2. The number of hydrogen-bond acceptors (Lipinski definition) is 5. The second kappa shape index (κ2) is 9.17. The molecule has 4 rings (SSSR count). The Kier molecular flexibility index (Phi) is 6.18. The first-order valence-corrected chi connectivity index (χ1v) is 10.7. The van der Waals surface area contributed by atoms with Crippen LogP contribution in [0, 0.1) is 0 Å². The van der Waals surface area contributed by atoms with E-state index < -0.39 is 11.1 Å². The largest absolute Gasteiger partial charge is 0.489 e. The van der Waals surface area contributed by atoms with Crippen LogP contribution >= 0.6 is 11.8 Å². The van der Waals surface area contributed by atoms with E-state index in [0.717, 1.165) is 46.4 Å². The Hall–Kier alpha value is -3.06. The van der Waals surface area contributed by atoms with Gasteiger partial charge in [0, 0.05) is 13.1 Å². The van der Waals surface area contributed by atoms with Crippen LogP contribution in [0.5, 0.6) is 5.75 Å². The minimum atomic E-state index is -0.415. The second-order valence-electron chi connectivity index (χ2n) is 7.20. The number of thioether (sulfide) groups is 1. The van der Waals surface area contributed by atoms with Gasteiger partial charge in [0.05, 0.1) is 4.91 Å². The first-order valence-electron chi connectivity index (χ1n) is 9.90. The summed E-state index contributed by atoms with van der Waals surface area (Å²) in [7, 11) is 0. The summed E-state index contributed by atoms with van der Waals surface area (Å²) >= 11 is 0.869. The van der Waals surface area contributed by atoms with Crippen LogP contribution < -0.4 is 4.74 Å². The van der Waals surface area contributed by atoms with Crippen molar-refractivity contribution in [2.75, 3.05) is 19.6 Å². The fraction of sp³-hybridized carbons (Fsp3) is 0.261. The molecule has 2 saturated heterocycles. The molecule has 2 heterocycles. The molecule has 0 aliphatic carbocycles. The second-order valence-corrected chi connectivity index (χ2v) is 8.19. The fourth-order valence-corrected chi connectivity index (χ4v) is 4.23. The van der Waals surface area contributed by atoms with Crippen LogP contribution in [0.25, 0.3) is 6.08 Å². The summed E-state index contributed by atoms with van der Waals surface area (Å²) in [6.45, 7) is 1.69. The van der Waals surface area contributed by atoms with Crippen molar-refractivity contribution < 1.29 is 19.1 Å². The summed E-state index contributed by atoms with van der Waals surface area (Å²) in [5.74, 6) is 0.137. The van der Waals surface area contributed by atoms with Gasteiger partial charge in [0.2, 0.25) is 5.91 Å². The van der Waals surface area contributed by atoms with E-state index in [1.807, 2.05) is 54.6 Å². The van der Waals surface area contributed by atoms with Crippen molar-refractivity contribution in [1.29, 1.82) is 0 Å². The number of benzene rings is 2. The number of imide groups is 1. The summed E-state index contributed by atoms with van der Waals surface area (Å²) in [4.78, 5) is 40.2. The lowest BCUT2D eigenvalue weighted by atomic mass is 10.2. The highest BCUT2D eigenvalue weighted by molar-refractivity contribution is 8.18. The summed E-state index contributed by atoms with van der Waals surface area (Å²) in [5.41, 5.74) is 1.87. The molecule has 2 fully saturated rings. The van der Waals surface area contributed by atoms with Crippen LogP contribution in [0.4, 0.5) is 4.79 Å². The third-order valence-corrected chi connectivity index (χ3v) is 5.96. The van der Waals surface area contributed by atoms with Crippen LogP contribution in [-0.2, 0) is 16.2 Å². The number of amides is 3. The lowest BCUT2D eigenvalue weighted by Gasteiger charge is -2.18. The minimum absolute atomic E-state index is 0.170. The number of likely N-dealkylation sites (tertiary alicyclic amines) is 1. The van der Waals surface area contributed by atoms with E-state index in [0.29, 0.717) is 24.6 Å². The Bertz CT molecular complexity index is 966. The smallest absolute Gasteiger partial charge is 0.294 e. The molecule has 154 valence electrons. The zero-order chi connectivity index (χ0) is 20.9. The number of nitrogens with zero attached hydrogens (tertiary/aromatic N) is 2. The Labute approximate surface area is 179 Å². The van der Waals surface area contributed by atoms with Gasteiger partial charge in [-0.1, -0.05) is 42.5 Å². The zero-order valence-corrected chi connectivity index (χ0v) is 17.3. The van der Waals surface area contributed by atoms with Crippen molar-refractivity contribution in [3.63, 3.8) is 0 Å². The molecule has 0 saturated carbocycles. The van der Waals surface area contributed by atoms with E-state index in [1.165, 1.54) is 0 Å². The van der Waals surface area contributed by atoms with Crippen molar-refractivity contribution in [2.24, 2.45) is 0 Å². The average molecular weight is 423 g/mol. The molecule has 2 aromatic carbocycles. The molecule has 0 radical (unpaired) electrons. The monoisotopic (exact) mass is 422 g/mol. The highest BCUT2D eigenvalue weighted by Gasteiger charge is 2.37. The molecule has 2 aliphatic heterocycles. The van der Waals surface area contributed by atoms with Gasteiger partial charge in [-0.3, -0.25) is 19.3 Å². The first kappa shape index (κ1) is 20.2. The quantitative estimate of drug-likeness (QED) is 0.660. The Morgan fingerprint density at radius 3 is 2.40 bits per heavy atom. The molecule has 30 heavy (non-hydrogen) atoms. The molecule has 0 spiro atoms. The van der Waals surface area contributed by atoms with E-state index >= 15 is 0 Å². The predicted molar refractivity (Wildman–Crippen MR) is 116 cm³/mol. The summed E-state index contributed by atoms with van der Waals surface area (Å²) in [5, 5.41) is -0.401. The van der Waals surface area contributed by atoms with Crippen LogP contribution in [0.2, 0.25) is 0 Å². The predicted octanol–water partition coefficient (Wildman–Crippen LogP) is 3.92. The average Bonchev–Trinajstić information content (AvgIpc) is 3.39. The van der Waals surface area contributed by atoms with Crippen LogP contribution in [0.3, 0.4) is 0 Å². The van der Waals surface area contributed by atoms with E-state index in [2.05, 4.69) is 0 Å². The van der Waals surface area contributed by atoms with Gasteiger partial charge < -0.3 is 9.64 Å². The topological polar surface area (TPSA) is 66.9 Å². The van der Waals surface area contributed by atoms with Gasteiger partial charge in [-0.05, 0) is 53.9 Å². The van der Waals surface area contributed by atoms with Crippen molar-refractivity contribution in [3.05, 3.63) is 70.6 Å². The molecule has 2 aromatic rings. The molecule has 2 aliphatic rings. The SMILES string of the molecule is O=C(CN1C(=O)S/C(=C\c2ccc(OCc3ccccc3)cc2)C1=O)N1CCCC1. The zero-order valence-electron chi connectivity index (χ0n) is 16.5. The first-order chi connectivity index (χ1) is 14.6.